The van der Waals surface area contributed by atoms with Crippen molar-refractivity contribution in [2.24, 2.45) is 0 Å². The molecule has 1 aliphatic rings. The van der Waals surface area contributed by atoms with Crippen molar-refractivity contribution in [3.63, 3.8) is 0 Å². The molecule has 0 spiro atoms. The van der Waals surface area contributed by atoms with Crippen LogP contribution in [0.1, 0.15) is 21.6 Å². The van der Waals surface area contributed by atoms with Crippen molar-refractivity contribution >= 4 is 16.9 Å². The van der Waals surface area contributed by atoms with Crippen molar-refractivity contribution in [1.82, 2.24) is 14.8 Å². The number of nitrogens with zero attached hydrogens (tertiary/aromatic N) is 2. The Morgan fingerprint density at radius 2 is 1.67 bits per heavy atom. The monoisotopic (exact) mass is 363 g/mol. The second-order valence-corrected chi connectivity index (χ2v) is 7.21. The van der Waals surface area contributed by atoms with E-state index in [0.717, 1.165) is 51.3 Å². The van der Waals surface area contributed by atoms with Gasteiger partial charge in [0, 0.05) is 50.5 Å². The molecule has 2 aromatic carbocycles. The number of nitrogens with one attached hydrogen (secondary N) is 1. The molecule has 5 heteroatoms. The van der Waals surface area contributed by atoms with E-state index in [0.29, 0.717) is 5.56 Å². The van der Waals surface area contributed by atoms with Gasteiger partial charge in [-0.25, -0.2) is 4.79 Å². The molecule has 4 rings (SSSR count). The summed E-state index contributed by atoms with van der Waals surface area (Å²) in [7, 11) is 0. The second-order valence-electron chi connectivity index (χ2n) is 7.21. The van der Waals surface area contributed by atoms with Crippen LogP contribution < -0.4 is 0 Å². The number of para-hydroxylation sites is 1. The fraction of sp³-hybridized carbons (Fsp3) is 0.318. The van der Waals surface area contributed by atoms with E-state index in [-0.39, 0.29) is 0 Å². The first-order chi connectivity index (χ1) is 13.2. The molecule has 0 aliphatic carbocycles. The molecule has 2 heterocycles. The van der Waals surface area contributed by atoms with Crippen LogP contribution in [0.2, 0.25) is 0 Å². The molecule has 1 aromatic heterocycles. The van der Waals surface area contributed by atoms with Crippen LogP contribution in [0.4, 0.5) is 0 Å². The van der Waals surface area contributed by atoms with Crippen LogP contribution in [0, 0.1) is 0 Å². The van der Waals surface area contributed by atoms with Gasteiger partial charge >= 0.3 is 5.97 Å². The number of carbonyl (C=O) groups is 1. The van der Waals surface area contributed by atoms with Gasteiger partial charge in [-0.15, -0.1) is 0 Å². The van der Waals surface area contributed by atoms with Crippen molar-refractivity contribution < 1.29 is 9.90 Å². The lowest BCUT2D eigenvalue weighted by atomic mass is 10.0. The molecular formula is C22H25N3O2. The predicted octanol–water partition coefficient (Wildman–Crippen LogP) is 3.23. The Morgan fingerprint density at radius 1 is 0.963 bits per heavy atom. The van der Waals surface area contributed by atoms with Crippen LogP contribution in [-0.2, 0) is 13.0 Å². The third-order valence-corrected chi connectivity index (χ3v) is 5.39. The molecule has 140 valence electrons. The standard InChI is InChI=1S/C22H25N3O2/c26-22(27)20-7-3-1-5-17(20)9-10-24-11-13-25(14-12-24)16-19-15-18-6-2-4-8-21(18)23-19/h1-8,15,23H,9-14,16H2,(H,26,27). The van der Waals surface area contributed by atoms with E-state index in [1.165, 1.54) is 16.6 Å². The molecule has 0 amide bonds. The average molecular weight is 363 g/mol. The Balaban J connectivity index is 1.28. The molecule has 0 bridgehead atoms. The van der Waals surface area contributed by atoms with Crippen LogP contribution in [-0.4, -0.2) is 58.6 Å². The lowest BCUT2D eigenvalue weighted by molar-refractivity contribution is 0.0695. The highest BCUT2D eigenvalue weighted by atomic mass is 16.4. The molecule has 1 aliphatic heterocycles. The summed E-state index contributed by atoms with van der Waals surface area (Å²) >= 11 is 0. The summed E-state index contributed by atoms with van der Waals surface area (Å²) in [5.41, 5.74) is 3.81. The Labute approximate surface area is 159 Å². The van der Waals surface area contributed by atoms with E-state index in [1.807, 2.05) is 12.1 Å². The zero-order valence-electron chi connectivity index (χ0n) is 15.4. The number of carboxylic acid groups (broad SMARTS) is 1. The Bertz CT molecular complexity index is 893. The Kier molecular flexibility index (Phi) is 5.23. The van der Waals surface area contributed by atoms with Crippen molar-refractivity contribution in [3.05, 3.63) is 71.4 Å². The number of hydrogen-bond acceptors (Lipinski definition) is 3. The number of aromatic nitrogens is 1. The van der Waals surface area contributed by atoms with Gasteiger partial charge in [0.15, 0.2) is 0 Å². The van der Waals surface area contributed by atoms with Gasteiger partial charge in [-0.2, -0.15) is 0 Å². The first-order valence-electron chi connectivity index (χ1n) is 9.51. The van der Waals surface area contributed by atoms with Crippen molar-refractivity contribution in [2.75, 3.05) is 32.7 Å². The van der Waals surface area contributed by atoms with E-state index < -0.39 is 5.97 Å². The number of hydrogen-bond donors (Lipinski definition) is 2. The van der Waals surface area contributed by atoms with Gasteiger partial charge in [0.25, 0.3) is 0 Å². The number of carboxylic acids is 1. The van der Waals surface area contributed by atoms with Gasteiger partial charge in [0.05, 0.1) is 5.56 Å². The normalized spacial score (nSPS) is 16.0. The van der Waals surface area contributed by atoms with Crippen LogP contribution in [0.15, 0.2) is 54.6 Å². The molecule has 5 nitrogen and oxygen atoms in total. The summed E-state index contributed by atoms with van der Waals surface area (Å²) in [5.74, 6) is -0.839. The maximum atomic E-state index is 11.3. The molecule has 27 heavy (non-hydrogen) atoms. The van der Waals surface area contributed by atoms with Crippen LogP contribution >= 0.6 is 0 Å². The van der Waals surface area contributed by atoms with Crippen molar-refractivity contribution in [2.45, 2.75) is 13.0 Å². The largest absolute Gasteiger partial charge is 0.478 e. The molecule has 0 radical (unpaired) electrons. The SMILES string of the molecule is O=C(O)c1ccccc1CCN1CCN(Cc2cc3ccccc3[nH]2)CC1. The highest BCUT2D eigenvalue weighted by molar-refractivity contribution is 5.89. The van der Waals surface area contributed by atoms with Gasteiger partial charge in [0.1, 0.15) is 0 Å². The summed E-state index contributed by atoms with van der Waals surface area (Å²) in [6.07, 6.45) is 0.782. The third-order valence-electron chi connectivity index (χ3n) is 5.39. The third kappa shape index (κ3) is 4.21. The number of aromatic amines is 1. The van der Waals surface area contributed by atoms with E-state index in [9.17, 15) is 9.90 Å². The summed E-state index contributed by atoms with van der Waals surface area (Å²) in [6.45, 7) is 5.98. The predicted molar refractivity (Wildman–Crippen MR) is 107 cm³/mol. The fourth-order valence-corrected chi connectivity index (χ4v) is 3.86. The number of H-pyrrole nitrogens is 1. The number of rotatable bonds is 6. The van der Waals surface area contributed by atoms with Crippen molar-refractivity contribution in [3.8, 4) is 0 Å². The molecular weight excluding hydrogens is 338 g/mol. The quantitative estimate of drug-likeness (QED) is 0.706. The van der Waals surface area contributed by atoms with Gasteiger partial charge < -0.3 is 15.0 Å². The highest BCUT2D eigenvalue weighted by Crippen LogP contribution is 2.17. The lowest BCUT2D eigenvalue weighted by Gasteiger charge is -2.34. The van der Waals surface area contributed by atoms with Crippen molar-refractivity contribution in [1.29, 1.82) is 0 Å². The highest BCUT2D eigenvalue weighted by Gasteiger charge is 2.18. The fourth-order valence-electron chi connectivity index (χ4n) is 3.86. The minimum absolute atomic E-state index is 0.426. The van der Waals surface area contributed by atoms with Gasteiger partial charge in [-0.05, 0) is 35.6 Å². The summed E-state index contributed by atoms with van der Waals surface area (Å²) in [5, 5.41) is 10.6. The molecule has 1 saturated heterocycles. The number of piperazine rings is 1. The topological polar surface area (TPSA) is 59.6 Å². The maximum Gasteiger partial charge on any atom is 0.335 e. The zero-order chi connectivity index (χ0) is 18.6. The molecule has 0 atom stereocenters. The Hall–Kier alpha value is -2.63. The van der Waals surface area contributed by atoms with Crippen LogP contribution in [0.25, 0.3) is 10.9 Å². The minimum atomic E-state index is -0.839. The molecule has 0 unspecified atom stereocenters. The molecule has 1 fully saturated rings. The van der Waals surface area contributed by atoms with E-state index >= 15 is 0 Å². The van der Waals surface area contributed by atoms with Crippen LogP contribution in [0.5, 0.6) is 0 Å². The van der Waals surface area contributed by atoms with E-state index in [2.05, 4.69) is 45.1 Å². The maximum absolute atomic E-state index is 11.3. The van der Waals surface area contributed by atoms with Crippen LogP contribution in [0.3, 0.4) is 0 Å². The first-order valence-corrected chi connectivity index (χ1v) is 9.51. The number of aromatic carboxylic acids is 1. The summed E-state index contributed by atoms with van der Waals surface area (Å²) in [4.78, 5) is 19.7. The lowest BCUT2D eigenvalue weighted by Crippen LogP contribution is -2.46. The Morgan fingerprint density at radius 3 is 2.44 bits per heavy atom. The van der Waals surface area contributed by atoms with Gasteiger partial charge in [-0.3, -0.25) is 4.90 Å². The number of fused-ring (bicyclic) bond motifs is 1. The first kappa shape index (κ1) is 17.8. The molecule has 2 N–H and O–H groups in total. The average Bonchev–Trinajstić information content (AvgIpc) is 3.10. The smallest absolute Gasteiger partial charge is 0.335 e. The molecule has 0 saturated carbocycles. The van der Waals surface area contributed by atoms with E-state index in [1.54, 1.807) is 12.1 Å². The second kappa shape index (κ2) is 7.94. The summed E-state index contributed by atoms with van der Waals surface area (Å²) < 4.78 is 0. The van der Waals surface area contributed by atoms with E-state index in [4.69, 9.17) is 0 Å². The minimum Gasteiger partial charge on any atom is -0.478 e. The van der Waals surface area contributed by atoms with Gasteiger partial charge in [0.2, 0.25) is 0 Å². The van der Waals surface area contributed by atoms with Gasteiger partial charge in [-0.1, -0.05) is 36.4 Å². The zero-order valence-corrected chi connectivity index (χ0v) is 15.4. The number of benzene rings is 2. The summed E-state index contributed by atoms with van der Waals surface area (Å²) in [6, 6.07) is 17.9. The molecule has 3 aromatic rings.